The summed E-state index contributed by atoms with van der Waals surface area (Å²) in [6.45, 7) is 2.37. The number of aromatic nitrogens is 2. The van der Waals surface area contributed by atoms with Crippen molar-refractivity contribution in [2.75, 3.05) is 5.32 Å². The van der Waals surface area contributed by atoms with E-state index in [0.29, 0.717) is 23.5 Å². The summed E-state index contributed by atoms with van der Waals surface area (Å²) in [4.78, 5) is 9.19. The van der Waals surface area contributed by atoms with Gasteiger partial charge in [-0.2, -0.15) is 0 Å². The van der Waals surface area contributed by atoms with Gasteiger partial charge in [0, 0.05) is 33.6 Å². The minimum absolute atomic E-state index is 0.381. The van der Waals surface area contributed by atoms with Crippen molar-refractivity contribution in [2.45, 2.75) is 32.3 Å². The second kappa shape index (κ2) is 6.89. The summed E-state index contributed by atoms with van der Waals surface area (Å²) in [6.07, 6.45) is 2.41. The average molecular weight is 392 g/mol. The normalized spacial score (nSPS) is 15.6. The molecular formula is C21H19BClN3O2. The van der Waals surface area contributed by atoms with Crippen LogP contribution in [-0.2, 0) is 11.3 Å². The van der Waals surface area contributed by atoms with Gasteiger partial charge in [0.05, 0.1) is 6.61 Å². The number of aryl methyl sites for hydroxylation is 1. The highest BCUT2D eigenvalue weighted by atomic mass is 35.5. The van der Waals surface area contributed by atoms with Crippen molar-refractivity contribution in [3.8, 4) is 11.1 Å². The number of anilines is 2. The summed E-state index contributed by atoms with van der Waals surface area (Å²) in [5.41, 5.74) is 6.47. The molecule has 0 atom stereocenters. The van der Waals surface area contributed by atoms with Crippen molar-refractivity contribution < 1.29 is 9.68 Å². The maximum Gasteiger partial charge on any atom is 0.491 e. The van der Waals surface area contributed by atoms with Gasteiger partial charge in [-0.3, -0.25) is 0 Å². The summed E-state index contributed by atoms with van der Waals surface area (Å²) in [5.74, 6) is 1.19. The van der Waals surface area contributed by atoms with Gasteiger partial charge in [0.1, 0.15) is 0 Å². The van der Waals surface area contributed by atoms with Crippen molar-refractivity contribution in [1.29, 1.82) is 0 Å². The highest BCUT2D eigenvalue weighted by molar-refractivity contribution is 6.61. The van der Waals surface area contributed by atoms with E-state index in [0.717, 1.165) is 39.2 Å². The lowest BCUT2D eigenvalue weighted by Crippen LogP contribution is -2.28. The molecule has 1 saturated carbocycles. The standard InChI is InChI=1S/C21H19BClN3O2/c1-12-7-20(13-5-6-13)26-21(24-12)25-16-4-2-3-14(8-16)17-10-18-15(9-19(17)23)11-28-22(18)27/h2-4,7-10,13,27H,5-6,11H2,1H3,(H,24,25,26). The molecule has 0 bridgehead atoms. The second-order valence-electron chi connectivity index (χ2n) is 7.43. The Balaban J connectivity index is 1.47. The maximum absolute atomic E-state index is 10.0. The zero-order valence-corrected chi connectivity index (χ0v) is 16.2. The smallest absolute Gasteiger partial charge is 0.423 e. The fourth-order valence-electron chi connectivity index (χ4n) is 3.60. The first kappa shape index (κ1) is 17.7. The van der Waals surface area contributed by atoms with E-state index in [2.05, 4.69) is 21.4 Å². The molecule has 2 aliphatic rings. The van der Waals surface area contributed by atoms with Crippen LogP contribution in [0.15, 0.2) is 42.5 Å². The lowest BCUT2D eigenvalue weighted by Gasteiger charge is -2.11. The third kappa shape index (κ3) is 3.39. The van der Waals surface area contributed by atoms with Crippen LogP contribution in [0, 0.1) is 6.92 Å². The molecule has 3 aromatic rings. The van der Waals surface area contributed by atoms with Crippen LogP contribution >= 0.6 is 11.6 Å². The Bertz CT molecular complexity index is 1070. The second-order valence-corrected chi connectivity index (χ2v) is 7.84. The van der Waals surface area contributed by atoms with E-state index in [1.807, 2.05) is 43.3 Å². The molecule has 1 aromatic heterocycles. The Hall–Kier alpha value is -2.41. The Morgan fingerprint density at radius 2 is 2.04 bits per heavy atom. The van der Waals surface area contributed by atoms with Gasteiger partial charge in [-0.25, -0.2) is 9.97 Å². The van der Waals surface area contributed by atoms with E-state index in [4.69, 9.17) is 16.3 Å². The van der Waals surface area contributed by atoms with Gasteiger partial charge in [0.25, 0.3) is 0 Å². The minimum atomic E-state index is -0.895. The molecule has 1 aliphatic heterocycles. The molecule has 2 heterocycles. The Kier molecular flexibility index (Phi) is 4.35. The first-order valence-corrected chi connectivity index (χ1v) is 9.79. The van der Waals surface area contributed by atoms with Crippen LogP contribution < -0.4 is 10.8 Å². The number of fused-ring (bicyclic) bond motifs is 1. The lowest BCUT2D eigenvalue weighted by atomic mass is 9.78. The molecule has 1 fully saturated rings. The van der Waals surface area contributed by atoms with Gasteiger partial charge >= 0.3 is 7.12 Å². The van der Waals surface area contributed by atoms with Crippen LogP contribution in [0.3, 0.4) is 0 Å². The number of hydrogen-bond donors (Lipinski definition) is 2. The zero-order valence-electron chi connectivity index (χ0n) is 15.4. The number of benzene rings is 2. The first-order valence-electron chi connectivity index (χ1n) is 9.42. The van der Waals surface area contributed by atoms with E-state index in [1.54, 1.807) is 0 Å². The van der Waals surface area contributed by atoms with Crippen LogP contribution in [0.4, 0.5) is 11.6 Å². The minimum Gasteiger partial charge on any atom is -0.423 e. The largest absolute Gasteiger partial charge is 0.491 e. The van der Waals surface area contributed by atoms with Gasteiger partial charge in [-0.1, -0.05) is 29.8 Å². The Labute approximate surface area is 168 Å². The van der Waals surface area contributed by atoms with Crippen LogP contribution in [0.5, 0.6) is 0 Å². The molecule has 7 heteroatoms. The predicted molar refractivity (Wildman–Crippen MR) is 111 cm³/mol. The molecule has 0 amide bonds. The number of rotatable bonds is 4. The summed E-state index contributed by atoms with van der Waals surface area (Å²) in [7, 11) is -0.895. The van der Waals surface area contributed by atoms with Crippen LogP contribution in [0.25, 0.3) is 11.1 Å². The monoisotopic (exact) mass is 391 g/mol. The van der Waals surface area contributed by atoms with E-state index >= 15 is 0 Å². The summed E-state index contributed by atoms with van der Waals surface area (Å²) >= 11 is 6.50. The fraction of sp³-hybridized carbons (Fsp3) is 0.238. The van der Waals surface area contributed by atoms with Crippen molar-refractivity contribution in [1.82, 2.24) is 9.97 Å². The quantitative estimate of drug-likeness (QED) is 0.659. The number of halogens is 1. The van der Waals surface area contributed by atoms with Gasteiger partial charge < -0.3 is 15.0 Å². The fourth-order valence-corrected chi connectivity index (χ4v) is 3.89. The molecule has 2 N–H and O–H groups in total. The zero-order chi connectivity index (χ0) is 19.3. The van der Waals surface area contributed by atoms with Crippen molar-refractivity contribution in [2.24, 2.45) is 0 Å². The summed E-state index contributed by atoms with van der Waals surface area (Å²) in [6, 6.07) is 13.8. The van der Waals surface area contributed by atoms with Crippen LogP contribution in [-0.4, -0.2) is 22.1 Å². The topological polar surface area (TPSA) is 67.3 Å². The molecular weight excluding hydrogens is 373 g/mol. The molecule has 0 radical (unpaired) electrons. The number of nitrogens with one attached hydrogen (secondary N) is 1. The van der Waals surface area contributed by atoms with E-state index in [-0.39, 0.29) is 0 Å². The molecule has 2 aromatic carbocycles. The molecule has 5 nitrogen and oxygen atoms in total. The first-order chi connectivity index (χ1) is 13.6. The molecule has 1 aliphatic carbocycles. The lowest BCUT2D eigenvalue weighted by molar-refractivity contribution is 0.275. The van der Waals surface area contributed by atoms with E-state index < -0.39 is 7.12 Å². The average Bonchev–Trinajstić information content (AvgIpc) is 3.46. The van der Waals surface area contributed by atoms with Crippen molar-refractivity contribution in [3.63, 3.8) is 0 Å². The molecule has 0 spiro atoms. The molecule has 0 saturated heterocycles. The molecule has 0 unspecified atom stereocenters. The number of nitrogens with zero attached hydrogens (tertiary/aromatic N) is 2. The van der Waals surface area contributed by atoms with Gasteiger partial charge in [-0.05, 0) is 60.6 Å². The van der Waals surface area contributed by atoms with Crippen molar-refractivity contribution >= 4 is 35.8 Å². The highest BCUT2D eigenvalue weighted by Crippen LogP contribution is 2.39. The SMILES string of the molecule is Cc1cc(C2CC2)nc(Nc2cccc(-c3cc4c(cc3Cl)COB4O)c2)n1. The van der Waals surface area contributed by atoms with E-state index in [9.17, 15) is 5.02 Å². The molecule has 140 valence electrons. The maximum atomic E-state index is 10.0. The van der Waals surface area contributed by atoms with Gasteiger partial charge in [-0.15, -0.1) is 0 Å². The van der Waals surface area contributed by atoms with E-state index in [1.165, 1.54) is 12.8 Å². The predicted octanol–water partition coefficient (Wildman–Crippen LogP) is 3.94. The highest BCUT2D eigenvalue weighted by Gasteiger charge is 2.28. The van der Waals surface area contributed by atoms with Gasteiger partial charge in [0.15, 0.2) is 0 Å². The van der Waals surface area contributed by atoms with Crippen LogP contribution in [0.1, 0.15) is 35.7 Å². The third-order valence-corrected chi connectivity index (χ3v) is 5.50. The molecule has 5 rings (SSSR count). The summed E-state index contributed by atoms with van der Waals surface area (Å²) < 4.78 is 5.29. The Morgan fingerprint density at radius 3 is 2.86 bits per heavy atom. The van der Waals surface area contributed by atoms with Crippen LogP contribution in [0.2, 0.25) is 5.02 Å². The van der Waals surface area contributed by atoms with Crippen molar-refractivity contribution in [3.05, 3.63) is 64.4 Å². The van der Waals surface area contributed by atoms with Gasteiger partial charge in [0.2, 0.25) is 5.95 Å². The molecule has 28 heavy (non-hydrogen) atoms. The number of hydrogen-bond acceptors (Lipinski definition) is 5. The summed E-state index contributed by atoms with van der Waals surface area (Å²) in [5, 5.41) is 14.0. The Morgan fingerprint density at radius 1 is 1.18 bits per heavy atom. The third-order valence-electron chi connectivity index (χ3n) is 5.19.